The van der Waals surface area contributed by atoms with Crippen molar-refractivity contribution in [2.45, 2.75) is 19.8 Å². The number of hydrogen-bond donors (Lipinski definition) is 2. The maximum atomic E-state index is 7.00. The Hall–Kier alpha value is -0.860. The van der Waals surface area contributed by atoms with Crippen molar-refractivity contribution in [2.24, 2.45) is 0 Å². The van der Waals surface area contributed by atoms with Crippen LogP contribution in [0.5, 0.6) is 0 Å². The molecular formula is C11H20O2. The van der Waals surface area contributed by atoms with Crippen LogP contribution in [-0.4, -0.2) is 24.4 Å². The molecule has 13 heavy (non-hydrogen) atoms. The molecule has 0 amide bonds. The minimum Gasteiger partial charge on any atom is -0.400 e. The molecule has 0 aliphatic rings. The fraction of sp³-hybridized carbons (Fsp3) is 0.455. The second-order valence-electron chi connectivity index (χ2n) is 2.57. The lowest BCUT2D eigenvalue weighted by Gasteiger charge is -2.01. The highest BCUT2D eigenvalue weighted by Gasteiger charge is 1.93. The molecule has 0 spiro atoms. The van der Waals surface area contributed by atoms with Crippen molar-refractivity contribution in [2.75, 3.05) is 14.2 Å². The van der Waals surface area contributed by atoms with Crippen molar-refractivity contribution >= 4 is 0 Å². The van der Waals surface area contributed by atoms with Crippen molar-refractivity contribution < 1.29 is 10.2 Å². The van der Waals surface area contributed by atoms with Crippen LogP contribution >= 0.6 is 0 Å². The van der Waals surface area contributed by atoms with E-state index >= 15 is 0 Å². The average molecular weight is 184 g/mol. The van der Waals surface area contributed by atoms with Gasteiger partial charge < -0.3 is 10.2 Å². The minimum absolute atomic E-state index is 0.659. The monoisotopic (exact) mass is 184 g/mol. The molecule has 0 fully saturated rings. The third-order valence-corrected chi connectivity index (χ3v) is 1.47. The predicted octanol–water partition coefficient (Wildman–Crippen LogP) is 2.03. The summed E-state index contributed by atoms with van der Waals surface area (Å²) >= 11 is 0. The summed E-state index contributed by atoms with van der Waals surface area (Å²) in [7, 11) is 2.00. The highest BCUT2D eigenvalue weighted by Crippen LogP contribution is 2.11. The SMILES string of the molecule is CC(C)c1ccccc1.CO.CO. The topological polar surface area (TPSA) is 40.5 Å². The fourth-order valence-electron chi connectivity index (χ4n) is 0.838. The fourth-order valence-corrected chi connectivity index (χ4v) is 0.838. The van der Waals surface area contributed by atoms with Gasteiger partial charge in [-0.2, -0.15) is 0 Å². The van der Waals surface area contributed by atoms with Gasteiger partial charge in [-0.15, -0.1) is 0 Å². The van der Waals surface area contributed by atoms with E-state index in [1.54, 1.807) is 0 Å². The Morgan fingerprint density at radius 1 is 0.846 bits per heavy atom. The van der Waals surface area contributed by atoms with E-state index in [-0.39, 0.29) is 0 Å². The lowest BCUT2D eigenvalue weighted by Crippen LogP contribution is -1.83. The molecule has 2 nitrogen and oxygen atoms in total. The van der Waals surface area contributed by atoms with Gasteiger partial charge in [0.25, 0.3) is 0 Å². The molecule has 2 heteroatoms. The summed E-state index contributed by atoms with van der Waals surface area (Å²) in [5, 5.41) is 14.0. The number of aliphatic hydroxyl groups is 2. The molecule has 0 bridgehead atoms. The Balaban J connectivity index is 0. The summed E-state index contributed by atoms with van der Waals surface area (Å²) in [6.45, 7) is 4.41. The highest BCUT2D eigenvalue weighted by molar-refractivity contribution is 5.17. The zero-order valence-electron chi connectivity index (χ0n) is 8.86. The standard InChI is InChI=1S/C9H12.2CH4O/c1-8(2)9-6-4-3-5-7-9;2*1-2/h3-8H,1-2H3;2*2H,1H3. The van der Waals surface area contributed by atoms with Crippen molar-refractivity contribution in [1.82, 2.24) is 0 Å². The van der Waals surface area contributed by atoms with E-state index in [1.165, 1.54) is 5.56 Å². The van der Waals surface area contributed by atoms with Crippen LogP contribution in [0.2, 0.25) is 0 Å². The number of aliphatic hydroxyl groups excluding tert-OH is 2. The van der Waals surface area contributed by atoms with Gasteiger partial charge in [0.2, 0.25) is 0 Å². The first kappa shape index (κ1) is 14.7. The van der Waals surface area contributed by atoms with Gasteiger partial charge in [-0.3, -0.25) is 0 Å². The molecule has 76 valence electrons. The summed E-state index contributed by atoms with van der Waals surface area (Å²) in [5.41, 5.74) is 1.41. The van der Waals surface area contributed by atoms with Gasteiger partial charge in [0, 0.05) is 14.2 Å². The van der Waals surface area contributed by atoms with Crippen molar-refractivity contribution in [3.63, 3.8) is 0 Å². The third-order valence-electron chi connectivity index (χ3n) is 1.47. The van der Waals surface area contributed by atoms with E-state index in [4.69, 9.17) is 10.2 Å². The number of hydrogen-bond acceptors (Lipinski definition) is 2. The van der Waals surface area contributed by atoms with Gasteiger partial charge in [-0.25, -0.2) is 0 Å². The molecule has 0 aliphatic heterocycles. The maximum Gasteiger partial charge on any atom is 0.0319 e. The van der Waals surface area contributed by atoms with Gasteiger partial charge in [0.15, 0.2) is 0 Å². The van der Waals surface area contributed by atoms with E-state index in [9.17, 15) is 0 Å². The first-order chi connectivity index (χ1) is 6.30. The summed E-state index contributed by atoms with van der Waals surface area (Å²) < 4.78 is 0. The first-order valence-electron chi connectivity index (χ1n) is 4.25. The second kappa shape index (κ2) is 11.1. The van der Waals surface area contributed by atoms with E-state index in [2.05, 4.69) is 38.1 Å². The van der Waals surface area contributed by atoms with Gasteiger partial charge >= 0.3 is 0 Å². The first-order valence-corrected chi connectivity index (χ1v) is 4.25. The van der Waals surface area contributed by atoms with Crippen LogP contribution in [0.15, 0.2) is 30.3 Å². The van der Waals surface area contributed by atoms with E-state index in [0.29, 0.717) is 5.92 Å². The summed E-state index contributed by atoms with van der Waals surface area (Å²) in [4.78, 5) is 0. The summed E-state index contributed by atoms with van der Waals surface area (Å²) in [5.74, 6) is 0.659. The predicted molar refractivity (Wildman–Crippen MR) is 56.8 cm³/mol. The smallest absolute Gasteiger partial charge is 0.0319 e. The van der Waals surface area contributed by atoms with Crippen molar-refractivity contribution in [3.05, 3.63) is 35.9 Å². The van der Waals surface area contributed by atoms with Crippen LogP contribution in [0, 0.1) is 0 Å². The molecule has 0 radical (unpaired) electrons. The normalized spacial score (nSPS) is 7.92. The lowest BCUT2D eigenvalue weighted by molar-refractivity contribution is 0.399. The van der Waals surface area contributed by atoms with Crippen LogP contribution in [0.1, 0.15) is 25.3 Å². The summed E-state index contributed by atoms with van der Waals surface area (Å²) in [6.07, 6.45) is 0. The molecule has 1 aromatic rings. The minimum atomic E-state index is 0.659. The Labute approximate surface area is 80.9 Å². The molecule has 0 aromatic heterocycles. The molecule has 0 unspecified atom stereocenters. The highest BCUT2D eigenvalue weighted by atomic mass is 16.2. The van der Waals surface area contributed by atoms with Gasteiger partial charge in [-0.05, 0) is 11.5 Å². The van der Waals surface area contributed by atoms with Crippen molar-refractivity contribution in [1.29, 1.82) is 0 Å². The molecule has 1 rings (SSSR count). The van der Waals surface area contributed by atoms with Gasteiger partial charge in [0.1, 0.15) is 0 Å². The Bertz CT molecular complexity index is 171. The van der Waals surface area contributed by atoms with Gasteiger partial charge in [0.05, 0.1) is 0 Å². The summed E-state index contributed by atoms with van der Waals surface area (Å²) in [6, 6.07) is 10.5. The molecule has 2 N–H and O–H groups in total. The Morgan fingerprint density at radius 3 is 1.46 bits per heavy atom. The number of rotatable bonds is 1. The van der Waals surface area contributed by atoms with Gasteiger partial charge in [-0.1, -0.05) is 44.2 Å². The van der Waals surface area contributed by atoms with Crippen LogP contribution < -0.4 is 0 Å². The molecule has 0 aliphatic carbocycles. The average Bonchev–Trinajstić information content (AvgIpc) is 2.25. The van der Waals surface area contributed by atoms with Crippen molar-refractivity contribution in [3.8, 4) is 0 Å². The van der Waals surface area contributed by atoms with E-state index in [1.807, 2.05) is 6.07 Å². The van der Waals surface area contributed by atoms with Crippen LogP contribution in [-0.2, 0) is 0 Å². The largest absolute Gasteiger partial charge is 0.400 e. The maximum absolute atomic E-state index is 7.00. The molecule has 0 saturated carbocycles. The second-order valence-corrected chi connectivity index (χ2v) is 2.57. The molecule has 0 saturated heterocycles. The molecule has 1 aromatic carbocycles. The van der Waals surface area contributed by atoms with E-state index < -0.39 is 0 Å². The van der Waals surface area contributed by atoms with E-state index in [0.717, 1.165) is 14.2 Å². The van der Waals surface area contributed by atoms with Crippen LogP contribution in [0.4, 0.5) is 0 Å². The third kappa shape index (κ3) is 7.50. The molecule has 0 heterocycles. The van der Waals surface area contributed by atoms with Crippen LogP contribution in [0.3, 0.4) is 0 Å². The Kier molecular flexibility index (Phi) is 12.6. The quantitative estimate of drug-likeness (QED) is 0.701. The molecule has 0 atom stereocenters. The zero-order valence-corrected chi connectivity index (χ0v) is 8.86. The lowest BCUT2D eigenvalue weighted by atomic mass is 10.0. The number of benzene rings is 1. The zero-order chi connectivity index (χ0) is 10.7. The van der Waals surface area contributed by atoms with Crippen LogP contribution in [0.25, 0.3) is 0 Å². The Morgan fingerprint density at radius 2 is 1.23 bits per heavy atom. The molecular weight excluding hydrogens is 164 g/mol.